The number of unbranched alkanes of at least 4 members (excludes halogenated alkanes) is 1. The maximum atomic E-state index is 3.92. The van der Waals surface area contributed by atoms with Crippen LogP contribution < -0.4 is 4.46 Å². The molecule has 1 heterocycles. The van der Waals surface area contributed by atoms with Crippen LogP contribution in [0.4, 0.5) is 0 Å². The van der Waals surface area contributed by atoms with Crippen LogP contribution in [0.3, 0.4) is 0 Å². The predicted molar refractivity (Wildman–Crippen MR) is 66.6 cm³/mol. The van der Waals surface area contributed by atoms with Crippen molar-refractivity contribution in [3.05, 3.63) is 42.6 Å². The van der Waals surface area contributed by atoms with Gasteiger partial charge in [0.25, 0.3) is 0 Å². The summed E-state index contributed by atoms with van der Waals surface area (Å²) in [7, 11) is 0. The molecule has 0 atom stereocenters. The molecule has 2 rings (SSSR count). The monoisotopic (exact) mass is 267 g/mol. The van der Waals surface area contributed by atoms with E-state index in [0.717, 1.165) is 6.54 Å². The molecule has 1 aliphatic rings. The molecule has 1 aromatic carbocycles. The van der Waals surface area contributed by atoms with E-state index in [0.29, 0.717) is 15.0 Å². The second kappa shape index (κ2) is 5.39. The maximum absolute atomic E-state index is 3.92. The van der Waals surface area contributed by atoms with Gasteiger partial charge in [-0.15, -0.1) is 0 Å². The zero-order valence-electron chi connectivity index (χ0n) is 8.98. The van der Waals surface area contributed by atoms with E-state index in [1.54, 1.807) is 0 Å². The Balaban J connectivity index is 1.53. The second-order valence-corrected chi connectivity index (χ2v) is 6.31. The summed E-state index contributed by atoms with van der Waals surface area (Å²) in [5, 5.41) is 1.37. The quantitative estimate of drug-likeness (QED) is 0.432. The van der Waals surface area contributed by atoms with Gasteiger partial charge >= 0.3 is 98.2 Å². The van der Waals surface area contributed by atoms with Crippen molar-refractivity contribution in [1.82, 2.24) is 4.90 Å². The Morgan fingerprint density at radius 1 is 1.20 bits per heavy atom. The third-order valence-corrected chi connectivity index (χ3v) is 4.86. The molecule has 1 fully saturated rings. The van der Waals surface area contributed by atoms with Gasteiger partial charge in [-0.1, -0.05) is 0 Å². The van der Waals surface area contributed by atoms with Gasteiger partial charge in [0.1, 0.15) is 0 Å². The Labute approximate surface area is 98.3 Å². The summed E-state index contributed by atoms with van der Waals surface area (Å²) in [4.78, 5) is 2.36. The van der Waals surface area contributed by atoms with E-state index in [1.165, 1.54) is 34.9 Å². The average molecular weight is 266 g/mol. The van der Waals surface area contributed by atoms with Crippen molar-refractivity contribution in [3.8, 4) is 0 Å². The second-order valence-electron chi connectivity index (χ2n) is 3.86. The summed E-state index contributed by atoms with van der Waals surface area (Å²) in [6.07, 6.45) is 2.69. The molecule has 0 radical (unpaired) electrons. The first-order valence-electron chi connectivity index (χ1n) is 5.47. The van der Waals surface area contributed by atoms with Crippen molar-refractivity contribution >= 4 is 19.4 Å². The average Bonchev–Trinajstić information content (AvgIpc) is 2.96. The van der Waals surface area contributed by atoms with Crippen molar-refractivity contribution in [2.75, 3.05) is 13.1 Å². The van der Waals surface area contributed by atoms with Crippen molar-refractivity contribution < 1.29 is 0 Å². The van der Waals surface area contributed by atoms with Crippen LogP contribution in [-0.4, -0.2) is 32.9 Å². The molecule has 15 heavy (non-hydrogen) atoms. The van der Waals surface area contributed by atoms with E-state index in [4.69, 9.17) is 0 Å². The van der Waals surface area contributed by atoms with E-state index in [2.05, 4.69) is 41.8 Å². The van der Waals surface area contributed by atoms with Crippen LogP contribution in [0.15, 0.2) is 42.6 Å². The minimum atomic E-state index is 0.678. The van der Waals surface area contributed by atoms with Gasteiger partial charge in [0.15, 0.2) is 0 Å². The summed E-state index contributed by atoms with van der Waals surface area (Å²) in [5.74, 6) is 0. The van der Waals surface area contributed by atoms with Crippen molar-refractivity contribution in [1.29, 1.82) is 0 Å². The molecule has 0 saturated carbocycles. The number of hydrogen-bond donors (Lipinski definition) is 0. The number of benzene rings is 1. The molecule has 80 valence electrons. The molecule has 0 amide bonds. The molecule has 0 N–H and O–H groups in total. The van der Waals surface area contributed by atoms with Crippen LogP contribution in [0, 0.1) is 0 Å². The standard InChI is InChI=1S/C13H17NSe/c1-12-11-14(12)9-5-6-10-15-13-7-3-2-4-8-13/h2-4,7-8H,1,5-6,9-11H2. The summed E-state index contributed by atoms with van der Waals surface area (Å²) in [5.41, 5.74) is 1.32. The molecule has 0 aliphatic carbocycles. The van der Waals surface area contributed by atoms with Crippen LogP contribution in [0.1, 0.15) is 12.8 Å². The first-order chi connectivity index (χ1) is 7.36. The van der Waals surface area contributed by atoms with E-state index >= 15 is 0 Å². The Bertz CT molecular complexity index is 321. The van der Waals surface area contributed by atoms with Crippen LogP contribution in [0.2, 0.25) is 5.32 Å². The SMILES string of the molecule is C=C1CN1CCCC[Se]c1ccccc1. The van der Waals surface area contributed by atoms with Gasteiger partial charge in [-0.05, 0) is 0 Å². The normalized spacial score (nSPS) is 14.4. The van der Waals surface area contributed by atoms with Crippen molar-refractivity contribution in [3.63, 3.8) is 0 Å². The summed E-state index contributed by atoms with van der Waals surface area (Å²) < 4.78 is 1.53. The van der Waals surface area contributed by atoms with Crippen molar-refractivity contribution in [2.24, 2.45) is 0 Å². The van der Waals surface area contributed by atoms with Gasteiger partial charge in [0, 0.05) is 0 Å². The molecule has 1 saturated heterocycles. The number of nitrogens with zero attached hydrogens (tertiary/aromatic N) is 1. The molecule has 0 unspecified atom stereocenters. The van der Waals surface area contributed by atoms with Gasteiger partial charge in [-0.3, -0.25) is 0 Å². The van der Waals surface area contributed by atoms with Gasteiger partial charge in [0.2, 0.25) is 0 Å². The fourth-order valence-corrected chi connectivity index (χ4v) is 3.49. The topological polar surface area (TPSA) is 3.01 Å². The molecule has 1 nitrogen and oxygen atoms in total. The van der Waals surface area contributed by atoms with Crippen LogP contribution >= 0.6 is 0 Å². The van der Waals surface area contributed by atoms with Gasteiger partial charge < -0.3 is 0 Å². The molecule has 0 aromatic heterocycles. The van der Waals surface area contributed by atoms with E-state index < -0.39 is 0 Å². The summed E-state index contributed by atoms with van der Waals surface area (Å²) >= 11 is 0.678. The van der Waals surface area contributed by atoms with E-state index in [-0.39, 0.29) is 0 Å². The van der Waals surface area contributed by atoms with E-state index in [1.807, 2.05) is 0 Å². The molecule has 0 spiro atoms. The molecular formula is C13H17NSe. The Morgan fingerprint density at radius 2 is 1.93 bits per heavy atom. The Morgan fingerprint density at radius 3 is 2.60 bits per heavy atom. The minimum absolute atomic E-state index is 0.678. The molecular weight excluding hydrogens is 249 g/mol. The molecule has 2 heteroatoms. The van der Waals surface area contributed by atoms with Gasteiger partial charge in [-0.2, -0.15) is 0 Å². The Hall–Kier alpha value is -0.721. The number of hydrogen-bond acceptors (Lipinski definition) is 1. The molecule has 0 bridgehead atoms. The third kappa shape index (κ3) is 3.73. The Kier molecular flexibility index (Phi) is 3.87. The zero-order chi connectivity index (χ0) is 10.5. The fourth-order valence-electron chi connectivity index (χ4n) is 1.53. The first-order valence-corrected chi connectivity index (χ1v) is 7.53. The van der Waals surface area contributed by atoms with Gasteiger partial charge in [-0.25, -0.2) is 0 Å². The fraction of sp³-hybridized carbons (Fsp3) is 0.385. The first kappa shape index (κ1) is 10.8. The van der Waals surface area contributed by atoms with Crippen LogP contribution in [0.5, 0.6) is 0 Å². The number of rotatable bonds is 6. The summed E-state index contributed by atoms with van der Waals surface area (Å²) in [6.45, 7) is 6.29. The van der Waals surface area contributed by atoms with E-state index in [9.17, 15) is 0 Å². The predicted octanol–water partition coefficient (Wildman–Crippen LogP) is 2.04. The van der Waals surface area contributed by atoms with Crippen molar-refractivity contribution in [2.45, 2.75) is 18.2 Å². The summed E-state index contributed by atoms with van der Waals surface area (Å²) in [6, 6.07) is 10.8. The molecule has 1 aliphatic heterocycles. The van der Waals surface area contributed by atoms with Crippen LogP contribution in [0.25, 0.3) is 0 Å². The zero-order valence-corrected chi connectivity index (χ0v) is 10.7. The van der Waals surface area contributed by atoms with Crippen LogP contribution in [-0.2, 0) is 0 Å². The van der Waals surface area contributed by atoms with Gasteiger partial charge in [0.05, 0.1) is 0 Å². The third-order valence-electron chi connectivity index (χ3n) is 2.55. The molecule has 1 aromatic rings.